The van der Waals surface area contributed by atoms with Crippen LogP contribution in [0.1, 0.15) is 5.56 Å². The van der Waals surface area contributed by atoms with Gasteiger partial charge in [-0.25, -0.2) is 14.2 Å². The Bertz CT molecular complexity index is 1180. The first-order valence-electron chi connectivity index (χ1n) is 8.33. The van der Waals surface area contributed by atoms with Crippen LogP contribution in [0.2, 0.25) is 0 Å². The Morgan fingerprint density at radius 3 is 2.29 bits per heavy atom. The van der Waals surface area contributed by atoms with E-state index < -0.39 is 11.7 Å². The number of para-hydroxylation sites is 2. The van der Waals surface area contributed by atoms with Crippen LogP contribution in [0.4, 0.5) is 10.5 Å². The molecule has 0 aliphatic heterocycles. The molecule has 0 saturated carbocycles. The number of carbonyl (C=O) groups excluding carboxylic acids is 1. The summed E-state index contributed by atoms with van der Waals surface area (Å²) in [6, 6.07) is 19.0. The van der Waals surface area contributed by atoms with Crippen LogP contribution in [0.15, 0.2) is 75.5 Å². The molecule has 7 nitrogen and oxygen atoms in total. The summed E-state index contributed by atoms with van der Waals surface area (Å²) in [5, 5.41) is 12.8. The number of carbonyl (C=O) groups is 1. The highest BCUT2D eigenvalue weighted by atomic mass is 32.2. The highest BCUT2D eigenvalue weighted by Gasteiger charge is 2.17. The second-order valence-electron chi connectivity index (χ2n) is 5.74. The lowest BCUT2D eigenvalue weighted by Gasteiger charge is -2.14. The van der Waals surface area contributed by atoms with Crippen LogP contribution in [0.5, 0.6) is 0 Å². The molecule has 0 unspecified atom stereocenters. The second-order valence-corrected chi connectivity index (χ2v) is 6.54. The summed E-state index contributed by atoms with van der Waals surface area (Å²) in [6.07, 6.45) is 1.76. The Morgan fingerprint density at radius 1 is 1.11 bits per heavy atom. The van der Waals surface area contributed by atoms with Crippen LogP contribution in [-0.2, 0) is 7.05 Å². The molecule has 0 aliphatic carbocycles. The molecule has 3 aromatic rings. The van der Waals surface area contributed by atoms with E-state index in [9.17, 15) is 14.9 Å². The lowest BCUT2D eigenvalue weighted by atomic mass is 10.3. The van der Waals surface area contributed by atoms with E-state index in [4.69, 9.17) is 0 Å². The maximum absolute atomic E-state index is 13.0. The first kappa shape index (κ1) is 19.2. The number of nitrogens with one attached hydrogen (secondary N) is 1. The number of anilines is 1. The third-order valence-corrected chi connectivity index (χ3v) is 4.85. The summed E-state index contributed by atoms with van der Waals surface area (Å²) in [5.41, 5.74) is 0.825. The van der Waals surface area contributed by atoms with Crippen molar-refractivity contribution in [2.24, 2.45) is 12.0 Å². The van der Waals surface area contributed by atoms with Crippen molar-refractivity contribution in [3.63, 3.8) is 0 Å². The Kier molecular flexibility index (Phi) is 5.77. The lowest BCUT2D eigenvalue weighted by molar-refractivity contribution is 0.258. The van der Waals surface area contributed by atoms with E-state index in [2.05, 4.69) is 16.4 Å². The second kappa shape index (κ2) is 8.41. The van der Waals surface area contributed by atoms with Crippen LogP contribution >= 0.6 is 11.8 Å². The Labute approximate surface area is 165 Å². The van der Waals surface area contributed by atoms with Gasteiger partial charge in [0.05, 0.1) is 5.69 Å². The molecule has 2 amide bonds. The minimum absolute atomic E-state index is 0.00502. The van der Waals surface area contributed by atoms with Gasteiger partial charge < -0.3 is 5.32 Å². The van der Waals surface area contributed by atoms with Crippen molar-refractivity contribution < 1.29 is 4.79 Å². The smallest absolute Gasteiger partial charge is 0.306 e. The van der Waals surface area contributed by atoms with Crippen molar-refractivity contribution >= 4 is 23.5 Å². The van der Waals surface area contributed by atoms with E-state index in [-0.39, 0.29) is 11.1 Å². The number of benzene rings is 2. The van der Waals surface area contributed by atoms with E-state index in [0.717, 1.165) is 0 Å². The van der Waals surface area contributed by atoms with E-state index >= 15 is 0 Å². The molecule has 0 saturated heterocycles. The number of nitriles is 1. The summed E-state index contributed by atoms with van der Waals surface area (Å²) in [4.78, 5) is 29.6. The molecular weight excluding hydrogens is 374 g/mol. The molecule has 0 fully saturated rings. The van der Waals surface area contributed by atoms with Crippen LogP contribution in [-0.4, -0.2) is 21.4 Å². The molecule has 28 heavy (non-hydrogen) atoms. The first-order valence-corrected chi connectivity index (χ1v) is 9.55. The highest BCUT2D eigenvalue weighted by Crippen LogP contribution is 2.15. The normalized spacial score (nSPS) is 11.1. The van der Waals surface area contributed by atoms with E-state index in [1.165, 1.54) is 20.9 Å². The number of hydrogen-bond donors (Lipinski definition) is 1. The fourth-order valence-corrected chi connectivity index (χ4v) is 3.42. The van der Waals surface area contributed by atoms with Gasteiger partial charge >= 0.3 is 11.7 Å². The third kappa shape index (κ3) is 3.75. The summed E-state index contributed by atoms with van der Waals surface area (Å²) >= 11 is 1.25. The highest BCUT2D eigenvalue weighted by molar-refractivity contribution is 7.98. The Balaban J connectivity index is 2.29. The summed E-state index contributed by atoms with van der Waals surface area (Å²) in [7, 11) is 1.59. The van der Waals surface area contributed by atoms with Gasteiger partial charge in [-0.15, -0.1) is 11.8 Å². The average molecular weight is 391 g/mol. The van der Waals surface area contributed by atoms with Gasteiger partial charge in [0.2, 0.25) is 0 Å². The van der Waals surface area contributed by atoms with Gasteiger partial charge in [0.1, 0.15) is 16.7 Å². The molecule has 140 valence electrons. The summed E-state index contributed by atoms with van der Waals surface area (Å²) < 4.78 is 2.65. The van der Waals surface area contributed by atoms with E-state index in [0.29, 0.717) is 16.4 Å². The Hall–Kier alpha value is -3.57. The van der Waals surface area contributed by atoms with E-state index in [1.807, 2.05) is 12.1 Å². The number of amides is 2. The van der Waals surface area contributed by atoms with Gasteiger partial charge in [-0.1, -0.05) is 36.4 Å². The zero-order valence-electron chi connectivity index (χ0n) is 15.3. The SMILES string of the molecule is CSc1c(C#N)c(=NC(=O)Nc2ccccc2)n(-c2ccccc2)c(=O)n1C. The number of hydrogen-bond acceptors (Lipinski definition) is 4. The predicted molar refractivity (Wildman–Crippen MR) is 109 cm³/mol. The van der Waals surface area contributed by atoms with Gasteiger partial charge in [-0.05, 0) is 30.5 Å². The quantitative estimate of drug-likeness (QED) is 0.549. The molecule has 1 aromatic heterocycles. The number of urea groups is 1. The molecule has 2 aromatic carbocycles. The van der Waals surface area contributed by atoms with Crippen molar-refractivity contribution in [1.29, 1.82) is 5.26 Å². The van der Waals surface area contributed by atoms with Gasteiger partial charge in [-0.2, -0.15) is 10.3 Å². The van der Waals surface area contributed by atoms with Crippen LogP contribution < -0.4 is 16.5 Å². The van der Waals surface area contributed by atoms with Crippen molar-refractivity contribution in [1.82, 2.24) is 9.13 Å². The van der Waals surface area contributed by atoms with Gasteiger partial charge in [0.15, 0.2) is 5.49 Å². The molecule has 0 radical (unpaired) electrons. The van der Waals surface area contributed by atoms with Crippen molar-refractivity contribution in [2.75, 3.05) is 11.6 Å². The van der Waals surface area contributed by atoms with Crippen molar-refractivity contribution in [3.8, 4) is 11.8 Å². The zero-order chi connectivity index (χ0) is 20.1. The standard InChI is InChI=1S/C20H17N5O2S/c1-24-18(28-2)16(13-21)17(23-19(26)22-14-9-5-3-6-10-14)25(20(24)27)15-11-7-4-8-12-15/h3-12H,1-2H3,(H,22,26). The largest absolute Gasteiger partial charge is 0.347 e. The average Bonchev–Trinajstić information content (AvgIpc) is 2.71. The molecular formula is C20H17N5O2S. The Morgan fingerprint density at radius 2 is 1.71 bits per heavy atom. The van der Waals surface area contributed by atoms with Crippen LogP contribution in [0.25, 0.3) is 5.69 Å². The van der Waals surface area contributed by atoms with Gasteiger partial charge in [0.25, 0.3) is 0 Å². The fourth-order valence-electron chi connectivity index (χ4n) is 2.72. The topological polar surface area (TPSA) is 92.2 Å². The predicted octanol–water partition coefficient (Wildman–Crippen LogP) is 2.90. The van der Waals surface area contributed by atoms with Crippen molar-refractivity contribution in [3.05, 3.63) is 82.2 Å². The summed E-state index contributed by atoms with van der Waals surface area (Å²) in [6.45, 7) is 0. The molecule has 3 rings (SSSR count). The number of thioether (sulfide) groups is 1. The monoisotopic (exact) mass is 391 g/mol. The lowest BCUT2D eigenvalue weighted by Crippen LogP contribution is -2.41. The molecule has 0 bridgehead atoms. The van der Waals surface area contributed by atoms with E-state index in [1.54, 1.807) is 61.8 Å². The minimum Gasteiger partial charge on any atom is -0.306 e. The molecule has 0 spiro atoms. The molecule has 1 heterocycles. The van der Waals surface area contributed by atoms with Gasteiger partial charge in [0, 0.05) is 12.7 Å². The molecule has 0 atom stereocenters. The molecule has 1 N–H and O–H groups in total. The first-order chi connectivity index (χ1) is 13.6. The van der Waals surface area contributed by atoms with Crippen molar-refractivity contribution in [2.45, 2.75) is 5.03 Å². The number of rotatable bonds is 3. The van der Waals surface area contributed by atoms with Crippen LogP contribution in [0.3, 0.4) is 0 Å². The number of aromatic nitrogens is 2. The number of nitrogens with zero attached hydrogens (tertiary/aromatic N) is 4. The molecule has 0 aliphatic rings. The maximum atomic E-state index is 13.0. The maximum Gasteiger partial charge on any atom is 0.347 e. The fraction of sp³-hybridized carbons (Fsp3) is 0.100. The minimum atomic E-state index is -0.673. The summed E-state index contributed by atoms with van der Waals surface area (Å²) in [5.74, 6) is 0. The zero-order valence-corrected chi connectivity index (χ0v) is 16.1. The van der Waals surface area contributed by atoms with Gasteiger partial charge in [-0.3, -0.25) is 4.57 Å². The molecule has 8 heteroatoms. The third-order valence-electron chi connectivity index (χ3n) is 3.98. The van der Waals surface area contributed by atoms with Crippen LogP contribution in [0, 0.1) is 11.3 Å².